The monoisotopic (exact) mass is 364 g/mol. The van der Waals surface area contributed by atoms with Gasteiger partial charge in [-0.2, -0.15) is 13.5 Å². The number of hydrazine groups is 1. The fourth-order valence-electron chi connectivity index (χ4n) is 2.41. The van der Waals surface area contributed by atoms with Crippen molar-refractivity contribution in [2.24, 2.45) is 5.10 Å². The second-order valence-electron chi connectivity index (χ2n) is 5.41. The minimum atomic E-state index is -4.40. The predicted molar refractivity (Wildman–Crippen MR) is 88.1 cm³/mol. The van der Waals surface area contributed by atoms with E-state index in [0.29, 0.717) is 6.42 Å². The van der Waals surface area contributed by atoms with Gasteiger partial charge < -0.3 is 4.42 Å². The molecule has 1 aliphatic heterocycles. The molecule has 2 unspecified atom stereocenters. The Morgan fingerprint density at radius 2 is 2.00 bits per heavy atom. The highest BCUT2D eigenvalue weighted by molar-refractivity contribution is 7.85. The first-order valence-corrected chi connectivity index (χ1v) is 8.84. The largest absolute Gasteiger partial charge is 0.441 e. The SMILES string of the molecule is O=C(N/N=C/c1ccc(S(=O)(=O)O)o1)C1CC(c2ccccc2)NN1. The maximum absolute atomic E-state index is 12.1. The third kappa shape index (κ3) is 4.31. The van der Waals surface area contributed by atoms with E-state index in [1.165, 1.54) is 6.07 Å². The summed E-state index contributed by atoms with van der Waals surface area (Å²) in [6.07, 6.45) is 1.70. The average molecular weight is 364 g/mol. The normalized spacial score (nSPS) is 20.8. The van der Waals surface area contributed by atoms with Crippen LogP contribution in [0.25, 0.3) is 0 Å². The van der Waals surface area contributed by atoms with Gasteiger partial charge in [0, 0.05) is 6.04 Å². The lowest BCUT2D eigenvalue weighted by Crippen LogP contribution is -2.41. The molecular weight excluding hydrogens is 348 g/mol. The Balaban J connectivity index is 1.54. The number of carbonyl (C=O) groups is 1. The molecule has 0 bridgehead atoms. The van der Waals surface area contributed by atoms with Crippen LogP contribution in [0.2, 0.25) is 0 Å². The van der Waals surface area contributed by atoms with E-state index < -0.39 is 21.3 Å². The van der Waals surface area contributed by atoms with Gasteiger partial charge in [-0.1, -0.05) is 30.3 Å². The number of nitrogens with zero attached hydrogens (tertiary/aromatic N) is 1. The molecule has 25 heavy (non-hydrogen) atoms. The first-order valence-electron chi connectivity index (χ1n) is 7.40. The second kappa shape index (κ2) is 7.15. The topological polar surface area (TPSA) is 133 Å². The van der Waals surface area contributed by atoms with Crippen molar-refractivity contribution in [1.82, 2.24) is 16.3 Å². The summed E-state index contributed by atoms with van der Waals surface area (Å²) < 4.78 is 35.5. The molecule has 0 aliphatic carbocycles. The van der Waals surface area contributed by atoms with Crippen molar-refractivity contribution in [2.75, 3.05) is 0 Å². The minimum Gasteiger partial charge on any atom is -0.441 e. The van der Waals surface area contributed by atoms with Crippen LogP contribution in [0.15, 0.2) is 57.1 Å². The molecule has 3 rings (SSSR count). The van der Waals surface area contributed by atoms with Crippen molar-refractivity contribution in [3.8, 4) is 0 Å². The van der Waals surface area contributed by atoms with Crippen molar-refractivity contribution < 1.29 is 22.2 Å². The number of furan rings is 1. The molecule has 0 saturated carbocycles. The zero-order chi connectivity index (χ0) is 17.9. The Labute approximate surface area is 143 Å². The predicted octanol–water partition coefficient (Wildman–Crippen LogP) is 0.584. The van der Waals surface area contributed by atoms with E-state index >= 15 is 0 Å². The summed E-state index contributed by atoms with van der Waals surface area (Å²) in [4.78, 5) is 12.1. The third-order valence-corrected chi connectivity index (χ3v) is 4.37. The quantitative estimate of drug-likeness (QED) is 0.346. The lowest BCUT2D eigenvalue weighted by molar-refractivity contribution is -0.122. The maximum Gasteiger partial charge on any atom is 0.328 e. The highest BCUT2D eigenvalue weighted by Gasteiger charge is 2.29. The van der Waals surface area contributed by atoms with Gasteiger partial charge >= 0.3 is 10.1 Å². The summed E-state index contributed by atoms with van der Waals surface area (Å²) in [6, 6.07) is 11.7. The molecule has 1 saturated heterocycles. The number of hydrogen-bond donors (Lipinski definition) is 4. The lowest BCUT2D eigenvalue weighted by atomic mass is 10.0. The standard InChI is InChI=1S/C15H16N4O5S/c20-15(13-8-12(17-18-13)10-4-2-1-3-5-10)19-16-9-11-6-7-14(24-11)25(21,22)23/h1-7,9,12-13,17-18H,8H2,(H,19,20)(H,21,22,23)/b16-9+. The van der Waals surface area contributed by atoms with Crippen LogP contribution in [0.4, 0.5) is 0 Å². The summed E-state index contributed by atoms with van der Waals surface area (Å²) in [5.74, 6) is -0.267. The Morgan fingerprint density at radius 1 is 1.24 bits per heavy atom. The summed E-state index contributed by atoms with van der Waals surface area (Å²) in [5, 5.41) is 3.13. The highest BCUT2D eigenvalue weighted by Crippen LogP contribution is 2.21. The van der Waals surface area contributed by atoms with Crippen molar-refractivity contribution in [3.63, 3.8) is 0 Å². The van der Waals surface area contributed by atoms with Gasteiger partial charge in [-0.05, 0) is 24.1 Å². The molecule has 0 spiro atoms. The molecule has 0 radical (unpaired) electrons. The molecule has 2 aromatic rings. The number of rotatable bonds is 5. The Hall–Kier alpha value is -2.53. The fourth-order valence-corrected chi connectivity index (χ4v) is 2.85. The van der Waals surface area contributed by atoms with Gasteiger partial charge in [0.15, 0.2) is 0 Å². The van der Waals surface area contributed by atoms with E-state index in [2.05, 4.69) is 21.4 Å². The molecule has 9 nitrogen and oxygen atoms in total. The van der Waals surface area contributed by atoms with Gasteiger partial charge in [0.1, 0.15) is 11.8 Å². The number of benzene rings is 1. The first-order chi connectivity index (χ1) is 11.9. The van der Waals surface area contributed by atoms with Gasteiger partial charge in [-0.25, -0.2) is 16.3 Å². The molecule has 10 heteroatoms. The molecule has 1 amide bonds. The van der Waals surface area contributed by atoms with Crippen LogP contribution in [0.5, 0.6) is 0 Å². The summed E-state index contributed by atoms with van der Waals surface area (Å²) in [6.45, 7) is 0. The smallest absolute Gasteiger partial charge is 0.328 e. The van der Waals surface area contributed by atoms with Crippen molar-refractivity contribution in [2.45, 2.75) is 23.6 Å². The number of hydrogen-bond acceptors (Lipinski definition) is 7. The maximum atomic E-state index is 12.1. The molecule has 1 aromatic carbocycles. The second-order valence-corrected chi connectivity index (χ2v) is 6.76. The van der Waals surface area contributed by atoms with Gasteiger partial charge in [0.05, 0.1) is 6.21 Å². The van der Waals surface area contributed by atoms with Gasteiger partial charge in [0.2, 0.25) is 5.09 Å². The number of nitrogens with one attached hydrogen (secondary N) is 3. The van der Waals surface area contributed by atoms with Crippen LogP contribution in [0.1, 0.15) is 23.8 Å². The van der Waals surface area contributed by atoms with Crippen molar-refractivity contribution in [1.29, 1.82) is 0 Å². The fraction of sp³-hybridized carbons (Fsp3) is 0.200. The molecule has 1 aliphatic rings. The molecule has 2 heterocycles. The van der Waals surface area contributed by atoms with Gasteiger partial charge in [0.25, 0.3) is 5.91 Å². The summed E-state index contributed by atoms with van der Waals surface area (Å²) in [7, 11) is -4.40. The zero-order valence-corrected chi connectivity index (χ0v) is 13.7. The summed E-state index contributed by atoms with van der Waals surface area (Å²) >= 11 is 0. The molecule has 1 aromatic heterocycles. The molecule has 2 atom stereocenters. The number of hydrazone groups is 1. The third-order valence-electron chi connectivity index (χ3n) is 3.64. The zero-order valence-electron chi connectivity index (χ0n) is 12.9. The van der Waals surface area contributed by atoms with Crippen LogP contribution in [-0.4, -0.2) is 31.1 Å². The Bertz CT molecular complexity index is 878. The molecule has 132 valence electrons. The highest BCUT2D eigenvalue weighted by atomic mass is 32.2. The van der Waals surface area contributed by atoms with E-state index in [0.717, 1.165) is 17.8 Å². The molecule has 1 fully saturated rings. The minimum absolute atomic E-state index is 0.0170. The van der Waals surface area contributed by atoms with E-state index in [-0.39, 0.29) is 17.7 Å². The first kappa shape index (κ1) is 17.3. The summed E-state index contributed by atoms with van der Waals surface area (Å²) in [5.41, 5.74) is 9.38. The molecular formula is C15H16N4O5S. The van der Waals surface area contributed by atoms with Crippen molar-refractivity contribution in [3.05, 3.63) is 53.8 Å². The van der Waals surface area contributed by atoms with Crippen LogP contribution < -0.4 is 16.3 Å². The van der Waals surface area contributed by atoms with E-state index in [1.54, 1.807) is 0 Å². The average Bonchev–Trinajstić information content (AvgIpc) is 3.25. The number of amides is 1. The van der Waals surface area contributed by atoms with Gasteiger partial charge in [-0.3, -0.25) is 9.35 Å². The van der Waals surface area contributed by atoms with E-state index in [1.807, 2.05) is 30.3 Å². The van der Waals surface area contributed by atoms with Crippen LogP contribution in [-0.2, 0) is 14.9 Å². The Morgan fingerprint density at radius 3 is 2.68 bits per heavy atom. The Kier molecular flexibility index (Phi) is 4.95. The van der Waals surface area contributed by atoms with E-state index in [4.69, 9.17) is 8.97 Å². The van der Waals surface area contributed by atoms with Crippen LogP contribution in [0.3, 0.4) is 0 Å². The number of carbonyl (C=O) groups excluding carboxylic acids is 1. The van der Waals surface area contributed by atoms with Gasteiger partial charge in [-0.15, -0.1) is 0 Å². The lowest BCUT2D eigenvalue weighted by Gasteiger charge is -2.08. The van der Waals surface area contributed by atoms with Crippen molar-refractivity contribution >= 4 is 22.2 Å². The molecule has 4 N–H and O–H groups in total. The van der Waals surface area contributed by atoms with Crippen LogP contribution in [0, 0.1) is 0 Å². The van der Waals surface area contributed by atoms with E-state index in [9.17, 15) is 13.2 Å². The van der Waals surface area contributed by atoms with Crippen LogP contribution >= 0.6 is 0 Å².